The van der Waals surface area contributed by atoms with Gasteiger partial charge in [-0.05, 0) is 53.9 Å². The molecule has 0 bridgehead atoms. The van der Waals surface area contributed by atoms with Crippen LogP contribution in [0, 0.1) is 6.92 Å². The SMILES string of the molecule is CNc1ccc(-c2ccc(-c3ccc(C)c(OC)c3)cc2O)nn1. The smallest absolute Gasteiger partial charge is 0.148 e. The summed E-state index contributed by atoms with van der Waals surface area (Å²) in [6.45, 7) is 2.00. The topological polar surface area (TPSA) is 67.3 Å². The normalized spacial score (nSPS) is 10.5. The van der Waals surface area contributed by atoms with E-state index in [2.05, 4.69) is 15.5 Å². The number of hydrogen-bond donors (Lipinski definition) is 2. The van der Waals surface area contributed by atoms with Crippen LogP contribution in [0.3, 0.4) is 0 Å². The number of hydrogen-bond acceptors (Lipinski definition) is 5. The first-order valence-electron chi connectivity index (χ1n) is 7.62. The van der Waals surface area contributed by atoms with E-state index in [4.69, 9.17) is 4.74 Å². The molecule has 0 spiro atoms. The zero-order valence-electron chi connectivity index (χ0n) is 13.9. The predicted molar refractivity (Wildman–Crippen MR) is 95.4 cm³/mol. The molecule has 3 rings (SSSR count). The first-order valence-corrected chi connectivity index (χ1v) is 7.62. The van der Waals surface area contributed by atoms with Gasteiger partial charge < -0.3 is 15.2 Å². The highest BCUT2D eigenvalue weighted by atomic mass is 16.5. The van der Waals surface area contributed by atoms with Crippen molar-refractivity contribution in [2.24, 2.45) is 0 Å². The van der Waals surface area contributed by atoms with Crippen molar-refractivity contribution in [2.75, 3.05) is 19.5 Å². The fourth-order valence-electron chi connectivity index (χ4n) is 2.54. The Morgan fingerprint density at radius 1 is 0.958 bits per heavy atom. The number of aromatic nitrogens is 2. The van der Waals surface area contributed by atoms with E-state index in [0.717, 1.165) is 22.4 Å². The van der Waals surface area contributed by atoms with Crippen LogP contribution in [-0.4, -0.2) is 29.5 Å². The summed E-state index contributed by atoms with van der Waals surface area (Å²) in [5.74, 6) is 1.67. The minimum absolute atomic E-state index is 0.165. The Kier molecular flexibility index (Phi) is 4.33. The maximum Gasteiger partial charge on any atom is 0.148 e. The largest absolute Gasteiger partial charge is 0.507 e. The molecular formula is C19H19N3O2. The number of anilines is 1. The highest BCUT2D eigenvalue weighted by molar-refractivity contribution is 5.75. The molecule has 2 N–H and O–H groups in total. The van der Waals surface area contributed by atoms with Crippen LogP contribution in [-0.2, 0) is 0 Å². The van der Waals surface area contributed by atoms with Crippen LogP contribution >= 0.6 is 0 Å². The van der Waals surface area contributed by atoms with Gasteiger partial charge in [-0.15, -0.1) is 10.2 Å². The molecule has 0 saturated carbocycles. The predicted octanol–water partition coefficient (Wildman–Crippen LogP) is 3.87. The van der Waals surface area contributed by atoms with Crippen molar-refractivity contribution in [1.29, 1.82) is 0 Å². The summed E-state index contributed by atoms with van der Waals surface area (Å²) >= 11 is 0. The summed E-state index contributed by atoms with van der Waals surface area (Å²) in [4.78, 5) is 0. The minimum Gasteiger partial charge on any atom is -0.507 e. The van der Waals surface area contributed by atoms with Crippen LogP contribution in [0.5, 0.6) is 11.5 Å². The third kappa shape index (κ3) is 3.01. The fraction of sp³-hybridized carbons (Fsp3) is 0.158. The van der Waals surface area contributed by atoms with E-state index >= 15 is 0 Å². The van der Waals surface area contributed by atoms with E-state index in [9.17, 15) is 5.11 Å². The maximum atomic E-state index is 10.4. The van der Waals surface area contributed by atoms with Crippen molar-refractivity contribution in [3.8, 4) is 33.9 Å². The molecule has 0 fully saturated rings. The Labute approximate surface area is 141 Å². The van der Waals surface area contributed by atoms with Crippen molar-refractivity contribution >= 4 is 5.82 Å². The zero-order chi connectivity index (χ0) is 17.1. The van der Waals surface area contributed by atoms with Gasteiger partial charge in [-0.1, -0.05) is 18.2 Å². The van der Waals surface area contributed by atoms with Crippen molar-refractivity contribution in [3.63, 3.8) is 0 Å². The summed E-state index contributed by atoms with van der Waals surface area (Å²) in [5, 5.41) is 21.5. The molecule has 5 heteroatoms. The van der Waals surface area contributed by atoms with Crippen LogP contribution < -0.4 is 10.1 Å². The monoisotopic (exact) mass is 321 g/mol. The van der Waals surface area contributed by atoms with Gasteiger partial charge in [0, 0.05) is 12.6 Å². The second kappa shape index (κ2) is 6.58. The number of ether oxygens (including phenoxy) is 1. The lowest BCUT2D eigenvalue weighted by Gasteiger charge is -2.10. The lowest BCUT2D eigenvalue weighted by Crippen LogP contribution is -1.95. The summed E-state index contributed by atoms with van der Waals surface area (Å²) in [7, 11) is 3.44. The van der Waals surface area contributed by atoms with E-state index in [0.29, 0.717) is 17.1 Å². The van der Waals surface area contributed by atoms with Crippen molar-refractivity contribution in [1.82, 2.24) is 10.2 Å². The number of phenols is 1. The van der Waals surface area contributed by atoms with Gasteiger partial charge in [0.1, 0.15) is 17.3 Å². The molecule has 5 nitrogen and oxygen atoms in total. The second-order valence-corrected chi connectivity index (χ2v) is 5.47. The van der Waals surface area contributed by atoms with Gasteiger partial charge >= 0.3 is 0 Å². The number of rotatable bonds is 4. The highest BCUT2D eigenvalue weighted by Gasteiger charge is 2.10. The molecule has 2 aromatic carbocycles. The lowest BCUT2D eigenvalue weighted by atomic mass is 10.0. The Morgan fingerprint density at radius 2 is 1.71 bits per heavy atom. The third-order valence-electron chi connectivity index (χ3n) is 3.94. The molecule has 1 heterocycles. The number of nitrogens with zero attached hydrogens (tertiary/aromatic N) is 2. The van der Waals surface area contributed by atoms with Gasteiger partial charge in [-0.3, -0.25) is 0 Å². The van der Waals surface area contributed by atoms with Gasteiger partial charge in [0.05, 0.1) is 12.8 Å². The second-order valence-electron chi connectivity index (χ2n) is 5.47. The molecule has 0 unspecified atom stereocenters. The number of methoxy groups -OCH3 is 1. The molecule has 24 heavy (non-hydrogen) atoms. The number of aromatic hydroxyl groups is 1. The Morgan fingerprint density at radius 3 is 2.33 bits per heavy atom. The number of aryl methyl sites for hydroxylation is 1. The van der Waals surface area contributed by atoms with E-state index in [1.54, 1.807) is 20.2 Å². The number of benzene rings is 2. The molecule has 3 aromatic rings. The van der Waals surface area contributed by atoms with Gasteiger partial charge in [0.2, 0.25) is 0 Å². The van der Waals surface area contributed by atoms with E-state index in [-0.39, 0.29) is 5.75 Å². The summed E-state index contributed by atoms with van der Waals surface area (Å²) in [6.07, 6.45) is 0. The first-order chi connectivity index (χ1) is 11.6. The average Bonchev–Trinajstić information content (AvgIpc) is 2.62. The Bertz CT molecular complexity index is 861. The molecule has 0 amide bonds. The third-order valence-corrected chi connectivity index (χ3v) is 3.94. The quantitative estimate of drug-likeness (QED) is 0.763. The van der Waals surface area contributed by atoms with Crippen LogP contribution in [0.25, 0.3) is 22.4 Å². The summed E-state index contributed by atoms with van der Waals surface area (Å²) in [6, 6.07) is 15.1. The molecule has 122 valence electrons. The van der Waals surface area contributed by atoms with Crippen molar-refractivity contribution in [3.05, 3.63) is 54.1 Å². The van der Waals surface area contributed by atoms with Crippen molar-refractivity contribution in [2.45, 2.75) is 6.92 Å². The lowest BCUT2D eigenvalue weighted by molar-refractivity contribution is 0.412. The maximum absolute atomic E-state index is 10.4. The standard InChI is InChI=1S/C19H19N3O2/c1-12-4-5-14(11-18(12)24-3)13-6-7-15(17(23)10-13)16-8-9-19(20-2)22-21-16/h4-11,23H,1-3H3,(H,20,22). The Hall–Kier alpha value is -3.08. The fourth-order valence-corrected chi connectivity index (χ4v) is 2.54. The molecule has 1 aromatic heterocycles. The molecule has 0 aliphatic carbocycles. The molecule has 0 aliphatic rings. The average molecular weight is 321 g/mol. The Balaban J connectivity index is 1.97. The van der Waals surface area contributed by atoms with Crippen molar-refractivity contribution < 1.29 is 9.84 Å². The van der Waals surface area contributed by atoms with Gasteiger partial charge in [-0.2, -0.15) is 0 Å². The molecule has 0 saturated heterocycles. The molecule has 0 radical (unpaired) electrons. The highest BCUT2D eigenvalue weighted by Crippen LogP contribution is 2.34. The first kappa shape index (κ1) is 15.8. The van der Waals surface area contributed by atoms with Crippen LogP contribution in [0.4, 0.5) is 5.82 Å². The van der Waals surface area contributed by atoms with Gasteiger partial charge in [0.15, 0.2) is 0 Å². The van der Waals surface area contributed by atoms with Crippen LogP contribution in [0.1, 0.15) is 5.56 Å². The number of nitrogens with one attached hydrogen (secondary N) is 1. The van der Waals surface area contributed by atoms with E-state index in [1.165, 1.54) is 0 Å². The molecule has 0 aliphatic heterocycles. The van der Waals surface area contributed by atoms with E-state index in [1.807, 2.05) is 49.4 Å². The minimum atomic E-state index is 0.165. The zero-order valence-corrected chi connectivity index (χ0v) is 13.9. The van der Waals surface area contributed by atoms with Crippen LogP contribution in [0.2, 0.25) is 0 Å². The molecule has 0 atom stereocenters. The summed E-state index contributed by atoms with van der Waals surface area (Å²) < 4.78 is 5.37. The van der Waals surface area contributed by atoms with E-state index < -0.39 is 0 Å². The van der Waals surface area contributed by atoms with Crippen LogP contribution in [0.15, 0.2) is 48.5 Å². The van der Waals surface area contributed by atoms with Gasteiger partial charge in [-0.25, -0.2) is 0 Å². The molecular weight excluding hydrogens is 302 g/mol. The number of phenolic OH excluding ortho intramolecular Hbond substituents is 1. The summed E-state index contributed by atoms with van der Waals surface area (Å²) in [5.41, 5.74) is 4.24. The van der Waals surface area contributed by atoms with Gasteiger partial charge in [0.25, 0.3) is 0 Å².